The van der Waals surface area contributed by atoms with Crippen molar-refractivity contribution in [3.05, 3.63) is 60.1 Å². The second kappa shape index (κ2) is 5.70. The summed E-state index contributed by atoms with van der Waals surface area (Å²) >= 11 is 0. The van der Waals surface area contributed by atoms with Crippen LogP contribution in [0.4, 0.5) is 0 Å². The third-order valence-corrected chi connectivity index (χ3v) is 2.89. The summed E-state index contributed by atoms with van der Waals surface area (Å²) in [5.41, 5.74) is 1.09. The van der Waals surface area contributed by atoms with Gasteiger partial charge in [-0.3, -0.25) is 0 Å². The Morgan fingerprint density at radius 1 is 1.00 bits per heavy atom. The molecule has 18 heavy (non-hydrogen) atoms. The van der Waals surface area contributed by atoms with Gasteiger partial charge >= 0.3 is 0 Å². The fourth-order valence-electron chi connectivity index (χ4n) is 1.96. The molecule has 0 aliphatic carbocycles. The van der Waals surface area contributed by atoms with Gasteiger partial charge in [-0.05, 0) is 24.1 Å². The van der Waals surface area contributed by atoms with Gasteiger partial charge in [0, 0.05) is 0 Å². The molecular formula is C15H12N2O. The number of furan rings is 1. The van der Waals surface area contributed by atoms with Gasteiger partial charge < -0.3 is 4.42 Å². The zero-order valence-electron chi connectivity index (χ0n) is 9.78. The van der Waals surface area contributed by atoms with Gasteiger partial charge in [0.15, 0.2) is 0 Å². The average molecular weight is 236 g/mol. The van der Waals surface area contributed by atoms with Crippen molar-refractivity contribution in [2.75, 3.05) is 0 Å². The molecule has 2 aromatic rings. The lowest BCUT2D eigenvalue weighted by molar-refractivity contribution is 0.436. The normalized spacial score (nSPS) is 11.7. The van der Waals surface area contributed by atoms with E-state index in [2.05, 4.69) is 0 Å². The molecule has 0 N–H and O–H groups in total. The van der Waals surface area contributed by atoms with Crippen molar-refractivity contribution in [1.29, 1.82) is 10.5 Å². The molecule has 0 aliphatic heterocycles. The average Bonchev–Trinajstić information content (AvgIpc) is 2.94. The minimum Gasteiger partial charge on any atom is -0.469 e. The molecule has 0 fully saturated rings. The van der Waals surface area contributed by atoms with Crippen molar-refractivity contribution in [2.24, 2.45) is 5.92 Å². The molecule has 0 spiro atoms. The lowest BCUT2D eigenvalue weighted by Crippen LogP contribution is -2.12. The van der Waals surface area contributed by atoms with Crippen LogP contribution in [-0.4, -0.2) is 0 Å². The smallest absolute Gasteiger partial charge is 0.143 e. The highest BCUT2D eigenvalue weighted by atomic mass is 16.3. The van der Waals surface area contributed by atoms with Gasteiger partial charge in [0.05, 0.1) is 24.3 Å². The van der Waals surface area contributed by atoms with Gasteiger partial charge in [-0.1, -0.05) is 30.3 Å². The van der Waals surface area contributed by atoms with Gasteiger partial charge in [-0.25, -0.2) is 0 Å². The number of rotatable bonds is 4. The summed E-state index contributed by atoms with van der Waals surface area (Å²) in [4.78, 5) is 0. The zero-order chi connectivity index (χ0) is 12.8. The maximum Gasteiger partial charge on any atom is 0.143 e. The molecule has 1 aromatic heterocycles. The minimum absolute atomic E-state index is 0.225. The maximum absolute atomic E-state index is 9.06. The van der Waals surface area contributed by atoms with Gasteiger partial charge in [0.1, 0.15) is 11.7 Å². The largest absolute Gasteiger partial charge is 0.469 e. The summed E-state index contributed by atoms with van der Waals surface area (Å²) in [6, 6.07) is 17.5. The predicted molar refractivity (Wildman–Crippen MR) is 66.3 cm³/mol. The molecule has 2 rings (SSSR count). The standard InChI is InChI=1S/C15H12N2O/c16-10-13(11-17)14(15-7-4-8-18-15)9-12-5-2-1-3-6-12/h1-8,13-14H,9H2. The summed E-state index contributed by atoms with van der Waals surface area (Å²) in [6.45, 7) is 0. The summed E-state index contributed by atoms with van der Waals surface area (Å²) in [6.07, 6.45) is 2.19. The van der Waals surface area contributed by atoms with Crippen LogP contribution in [0.1, 0.15) is 17.2 Å². The van der Waals surface area contributed by atoms with E-state index in [1.54, 1.807) is 12.3 Å². The lowest BCUT2D eigenvalue weighted by Gasteiger charge is -2.14. The molecule has 1 aromatic carbocycles. The van der Waals surface area contributed by atoms with E-state index in [0.29, 0.717) is 12.2 Å². The van der Waals surface area contributed by atoms with E-state index in [4.69, 9.17) is 14.9 Å². The van der Waals surface area contributed by atoms with E-state index in [1.165, 1.54) is 0 Å². The van der Waals surface area contributed by atoms with E-state index in [-0.39, 0.29) is 5.92 Å². The SMILES string of the molecule is N#CC(C#N)C(Cc1ccccc1)c1ccco1. The number of nitrogens with zero attached hydrogens (tertiary/aromatic N) is 2. The Bertz CT molecular complexity index is 547. The quantitative estimate of drug-likeness (QED) is 0.818. The predicted octanol–water partition coefficient (Wildman–Crippen LogP) is 3.27. The molecule has 0 aliphatic rings. The van der Waals surface area contributed by atoms with Crippen molar-refractivity contribution in [1.82, 2.24) is 0 Å². The van der Waals surface area contributed by atoms with E-state index in [1.807, 2.05) is 48.5 Å². The van der Waals surface area contributed by atoms with Crippen LogP contribution in [0.15, 0.2) is 53.1 Å². The molecule has 88 valence electrons. The molecule has 0 radical (unpaired) electrons. The van der Waals surface area contributed by atoms with E-state index < -0.39 is 5.92 Å². The Hall–Kier alpha value is -2.52. The number of nitriles is 2. The minimum atomic E-state index is -0.698. The number of benzene rings is 1. The van der Waals surface area contributed by atoms with Gasteiger partial charge in [0.2, 0.25) is 0 Å². The maximum atomic E-state index is 9.06. The highest BCUT2D eigenvalue weighted by Gasteiger charge is 2.25. The first-order valence-corrected chi connectivity index (χ1v) is 5.71. The molecule has 3 heteroatoms. The summed E-state index contributed by atoms with van der Waals surface area (Å²) in [5, 5.41) is 18.1. The van der Waals surface area contributed by atoms with E-state index in [9.17, 15) is 0 Å². The van der Waals surface area contributed by atoms with Crippen LogP contribution < -0.4 is 0 Å². The van der Waals surface area contributed by atoms with Gasteiger partial charge in [-0.2, -0.15) is 10.5 Å². The van der Waals surface area contributed by atoms with E-state index in [0.717, 1.165) is 5.56 Å². The van der Waals surface area contributed by atoms with Gasteiger partial charge in [0.25, 0.3) is 0 Å². The third-order valence-electron chi connectivity index (χ3n) is 2.89. The summed E-state index contributed by atoms with van der Waals surface area (Å²) in [5.74, 6) is -0.235. The number of hydrogen-bond acceptors (Lipinski definition) is 3. The third kappa shape index (κ3) is 2.59. The first-order valence-electron chi connectivity index (χ1n) is 5.71. The highest BCUT2D eigenvalue weighted by molar-refractivity contribution is 5.23. The van der Waals surface area contributed by atoms with Crippen LogP contribution in [0.2, 0.25) is 0 Å². The van der Waals surface area contributed by atoms with E-state index >= 15 is 0 Å². The highest BCUT2D eigenvalue weighted by Crippen LogP contribution is 2.28. The molecule has 1 heterocycles. The molecule has 1 atom stereocenters. The number of hydrogen-bond donors (Lipinski definition) is 0. The fraction of sp³-hybridized carbons (Fsp3) is 0.200. The van der Waals surface area contributed by atoms with Crippen LogP contribution in [0.5, 0.6) is 0 Å². The lowest BCUT2D eigenvalue weighted by atomic mass is 9.86. The van der Waals surface area contributed by atoms with Crippen molar-refractivity contribution in [3.8, 4) is 12.1 Å². The Morgan fingerprint density at radius 2 is 1.72 bits per heavy atom. The molecule has 3 nitrogen and oxygen atoms in total. The van der Waals surface area contributed by atoms with Crippen molar-refractivity contribution in [3.63, 3.8) is 0 Å². The fourth-order valence-corrected chi connectivity index (χ4v) is 1.96. The molecule has 0 saturated carbocycles. The molecule has 0 amide bonds. The molecule has 0 saturated heterocycles. The Kier molecular flexibility index (Phi) is 3.79. The van der Waals surface area contributed by atoms with Crippen LogP contribution in [0.25, 0.3) is 0 Å². The molecular weight excluding hydrogens is 224 g/mol. The first-order chi connectivity index (χ1) is 8.85. The Balaban J connectivity index is 2.27. The second-order valence-electron chi connectivity index (χ2n) is 4.05. The van der Waals surface area contributed by atoms with Crippen molar-refractivity contribution < 1.29 is 4.42 Å². The van der Waals surface area contributed by atoms with Gasteiger partial charge in [-0.15, -0.1) is 0 Å². The topological polar surface area (TPSA) is 60.7 Å². The molecule has 1 unspecified atom stereocenters. The zero-order valence-corrected chi connectivity index (χ0v) is 9.78. The molecule has 0 bridgehead atoms. The van der Waals surface area contributed by atoms with Crippen molar-refractivity contribution >= 4 is 0 Å². The second-order valence-corrected chi connectivity index (χ2v) is 4.05. The van der Waals surface area contributed by atoms with Crippen LogP contribution in [0.3, 0.4) is 0 Å². The first kappa shape index (κ1) is 12.0. The van der Waals surface area contributed by atoms with Crippen LogP contribution in [0, 0.1) is 28.6 Å². The summed E-state index contributed by atoms with van der Waals surface area (Å²) in [7, 11) is 0. The van der Waals surface area contributed by atoms with Crippen molar-refractivity contribution in [2.45, 2.75) is 12.3 Å². The Labute approximate surface area is 106 Å². The van der Waals surface area contributed by atoms with Crippen LogP contribution in [-0.2, 0) is 6.42 Å². The summed E-state index contributed by atoms with van der Waals surface area (Å²) < 4.78 is 5.35. The van der Waals surface area contributed by atoms with Crippen LogP contribution >= 0.6 is 0 Å². The Morgan fingerprint density at radius 3 is 2.28 bits per heavy atom. The monoisotopic (exact) mass is 236 g/mol.